The molecule has 0 unspecified atom stereocenters. The second-order valence-corrected chi connectivity index (χ2v) is 4.80. The number of hydrogen-bond acceptors (Lipinski definition) is 3. The molecule has 3 heteroatoms. The Morgan fingerprint density at radius 2 is 1.70 bits per heavy atom. The number of aryl methyl sites for hydroxylation is 2. The summed E-state index contributed by atoms with van der Waals surface area (Å²) in [6.07, 6.45) is 0. The lowest BCUT2D eigenvalue weighted by atomic mass is 10.0. The number of ether oxygens (including phenoxy) is 2. The Bertz CT molecular complexity index is 571. The van der Waals surface area contributed by atoms with Crippen molar-refractivity contribution < 1.29 is 14.6 Å². The van der Waals surface area contributed by atoms with E-state index in [0.29, 0.717) is 18.1 Å². The Hall–Kier alpha value is -2.00. The van der Waals surface area contributed by atoms with E-state index >= 15 is 0 Å². The van der Waals surface area contributed by atoms with Gasteiger partial charge in [0, 0.05) is 0 Å². The molecule has 0 amide bonds. The third-order valence-corrected chi connectivity index (χ3v) is 3.43. The zero-order valence-corrected chi connectivity index (χ0v) is 12.1. The van der Waals surface area contributed by atoms with Crippen LogP contribution >= 0.6 is 0 Å². The second kappa shape index (κ2) is 6.44. The number of aliphatic hydroxyl groups excluding tert-OH is 1. The topological polar surface area (TPSA) is 38.7 Å². The molecule has 2 rings (SSSR count). The summed E-state index contributed by atoms with van der Waals surface area (Å²) in [5, 5.41) is 9.13. The minimum Gasteiger partial charge on any atom is -0.493 e. The third kappa shape index (κ3) is 3.11. The number of methoxy groups -OCH3 is 1. The molecular formula is C17H20O3. The van der Waals surface area contributed by atoms with E-state index in [1.54, 1.807) is 13.2 Å². The van der Waals surface area contributed by atoms with Crippen molar-refractivity contribution in [1.82, 2.24) is 0 Å². The largest absolute Gasteiger partial charge is 0.493 e. The molecule has 0 fully saturated rings. The van der Waals surface area contributed by atoms with E-state index < -0.39 is 0 Å². The summed E-state index contributed by atoms with van der Waals surface area (Å²) in [6.45, 7) is 4.66. The second-order valence-electron chi connectivity index (χ2n) is 4.80. The summed E-state index contributed by atoms with van der Waals surface area (Å²) < 4.78 is 11.2. The molecule has 0 saturated heterocycles. The molecule has 0 aliphatic rings. The summed E-state index contributed by atoms with van der Waals surface area (Å²) in [4.78, 5) is 0. The first-order chi connectivity index (χ1) is 9.65. The average Bonchev–Trinajstić information content (AvgIpc) is 2.46. The van der Waals surface area contributed by atoms with Gasteiger partial charge in [-0.3, -0.25) is 0 Å². The van der Waals surface area contributed by atoms with Crippen LogP contribution in [0.3, 0.4) is 0 Å². The van der Waals surface area contributed by atoms with Crippen LogP contribution in [0, 0.1) is 13.8 Å². The van der Waals surface area contributed by atoms with E-state index in [1.807, 2.05) is 18.2 Å². The predicted octanol–water partition coefficient (Wildman–Crippen LogP) is 3.38. The van der Waals surface area contributed by atoms with Crippen LogP contribution in [0.15, 0.2) is 36.4 Å². The predicted molar refractivity (Wildman–Crippen MR) is 79.2 cm³/mol. The molecule has 0 heterocycles. The van der Waals surface area contributed by atoms with Crippen molar-refractivity contribution in [3.63, 3.8) is 0 Å². The number of rotatable bonds is 5. The first-order valence-corrected chi connectivity index (χ1v) is 6.61. The quantitative estimate of drug-likeness (QED) is 0.906. The van der Waals surface area contributed by atoms with Crippen molar-refractivity contribution in [3.8, 4) is 11.5 Å². The number of hydrogen-bond donors (Lipinski definition) is 1. The Morgan fingerprint density at radius 1 is 1.00 bits per heavy atom. The Labute approximate surface area is 119 Å². The first-order valence-electron chi connectivity index (χ1n) is 6.61. The first kappa shape index (κ1) is 14.4. The zero-order chi connectivity index (χ0) is 14.5. The molecule has 1 N–H and O–H groups in total. The Morgan fingerprint density at radius 3 is 2.30 bits per heavy atom. The summed E-state index contributed by atoms with van der Waals surface area (Å²) in [5.41, 5.74) is 4.44. The molecule has 2 aromatic rings. The average molecular weight is 272 g/mol. The highest BCUT2D eigenvalue weighted by atomic mass is 16.5. The highest BCUT2D eigenvalue weighted by Gasteiger charge is 2.08. The van der Waals surface area contributed by atoms with E-state index in [2.05, 4.69) is 26.0 Å². The van der Waals surface area contributed by atoms with Crippen LogP contribution in [0.4, 0.5) is 0 Å². The Kier molecular flexibility index (Phi) is 4.64. The van der Waals surface area contributed by atoms with Gasteiger partial charge in [-0.1, -0.05) is 24.3 Å². The maximum absolute atomic E-state index is 9.13. The molecule has 0 aliphatic heterocycles. The molecule has 0 aliphatic carbocycles. The molecule has 106 valence electrons. The maximum atomic E-state index is 9.13. The van der Waals surface area contributed by atoms with Crippen LogP contribution in [-0.4, -0.2) is 12.2 Å². The van der Waals surface area contributed by atoms with Crippen molar-refractivity contribution in [2.75, 3.05) is 7.11 Å². The van der Waals surface area contributed by atoms with Crippen LogP contribution in [0.1, 0.15) is 22.3 Å². The molecule has 0 radical (unpaired) electrons. The molecule has 0 spiro atoms. The van der Waals surface area contributed by atoms with Gasteiger partial charge >= 0.3 is 0 Å². The molecular weight excluding hydrogens is 252 g/mol. The van der Waals surface area contributed by atoms with E-state index in [-0.39, 0.29) is 6.61 Å². The maximum Gasteiger partial charge on any atom is 0.161 e. The molecule has 0 bridgehead atoms. The summed E-state index contributed by atoms with van der Waals surface area (Å²) in [5.74, 6) is 1.33. The molecule has 0 saturated carbocycles. The van der Waals surface area contributed by atoms with Crippen molar-refractivity contribution >= 4 is 0 Å². The fourth-order valence-electron chi connectivity index (χ4n) is 2.16. The van der Waals surface area contributed by atoms with Gasteiger partial charge in [0.25, 0.3) is 0 Å². The minimum atomic E-state index is -0.00641. The van der Waals surface area contributed by atoms with Crippen molar-refractivity contribution in [2.45, 2.75) is 27.1 Å². The van der Waals surface area contributed by atoms with Gasteiger partial charge in [-0.05, 0) is 48.2 Å². The van der Waals surface area contributed by atoms with Gasteiger partial charge in [0.05, 0.1) is 13.7 Å². The fourth-order valence-corrected chi connectivity index (χ4v) is 2.16. The van der Waals surface area contributed by atoms with Crippen LogP contribution in [-0.2, 0) is 13.2 Å². The van der Waals surface area contributed by atoms with Crippen LogP contribution in [0.5, 0.6) is 11.5 Å². The van der Waals surface area contributed by atoms with Gasteiger partial charge in [-0.15, -0.1) is 0 Å². The van der Waals surface area contributed by atoms with Gasteiger partial charge in [0.2, 0.25) is 0 Å². The normalized spacial score (nSPS) is 10.4. The summed E-state index contributed by atoms with van der Waals surface area (Å²) in [6, 6.07) is 11.7. The summed E-state index contributed by atoms with van der Waals surface area (Å²) in [7, 11) is 1.60. The molecule has 0 atom stereocenters. The van der Waals surface area contributed by atoms with Gasteiger partial charge in [-0.2, -0.15) is 0 Å². The summed E-state index contributed by atoms with van der Waals surface area (Å²) >= 11 is 0. The van der Waals surface area contributed by atoms with Crippen molar-refractivity contribution in [3.05, 3.63) is 58.7 Å². The lowest BCUT2D eigenvalue weighted by Gasteiger charge is -2.14. The van der Waals surface area contributed by atoms with Gasteiger partial charge in [0.15, 0.2) is 11.5 Å². The zero-order valence-electron chi connectivity index (χ0n) is 12.1. The van der Waals surface area contributed by atoms with E-state index in [4.69, 9.17) is 14.6 Å². The van der Waals surface area contributed by atoms with Gasteiger partial charge < -0.3 is 14.6 Å². The monoisotopic (exact) mass is 272 g/mol. The standard InChI is InChI=1S/C17H20O3/c1-12-5-4-6-13(2)15(12)11-20-16-8-7-14(10-18)9-17(16)19-3/h4-9,18H,10-11H2,1-3H3. The third-order valence-electron chi connectivity index (χ3n) is 3.43. The SMILES string of the molecule is COc1cc(CO)ccc1OCc1c(C)cccc1C. The van der Waals surface area contributed by atoms with E-state index in [1.165, 1.54) is 16.7 Å². The van der Waals surface area contributed by atoms with Gasteiger partial charge in [-0.25, -0.2) is 0 Å². The van der Waals surface area contributed by atoms with Crippen LogP contribution in [0.2, 0.25) is 0 Å². The van der Waals surface area contributed by atoms with E-state index in [9.17, 15) is 0 Å². The number of aliphatic hydroxyl groups is 1. The van der Waals surface area contributed by atoms with E-state index in [0.717, 1.165) is 5.56 Å². The molecule has 0 aromatic heterocycles. The van der Waals surface area contributed by atoms with Crippen molar-refractivity contribution in [2.24, 2.45) is 0 Å². The molecule has 3 nitrogen and oxygen atoms in total. The number of benzene rings is 2. The van der Waals surface area contributed by atoms with Crippen LogP contribution in [0.25, 0.3) is 0 Å². The Balaban J connectivity index is 2.19. The lowest BCUT2D eigenvalue weighted by Crippen LogP contribution is -2.02. The fraction of sp³-hybridized carbons (Fsp3) is 0.294. The highest BCUT2D eigenvalue weighted by Crippen LogP contribution is 2.29. The minimum absolute atomic E-state index is 0.00641. The van der Waals surface area contributed by atoms with Crippen LogP contribution < -0.4 is 9.47 Å². The smallest absolute Gasteiger partial charge is 0.161 e. The van der Waals surface area contributed by atoms with Gasteiger partial charge in [0.1, 0.15) is 6.61 Å². The lowest BCUT2D eigenvalue weighted by molar-refractivity contribution is 0.273. The molecule has 20 heavy (non-hydrogen) atoms. The highest BCUT2D eigenvalue weighted by molar-refractivity contribution is 5.43. The van der Waals surface area contributed by atoms with Crippen molar-refractivity contribution in [1.29, 1.82) is 0 Å². The molecule has 2 aromatic carbocycles.